The van der Waals surface area contributed by atoms with Crippen LogP contribution in [0.3, 0.4) is 0 Å². The van der Waals surface area contributed by atoms with E-state index >= 15 is 0 Å². The molecule has 0 spiro atoms. The van der Waals surface area contributed by atoms with Crippen molar-refractivity contribution in [1.29, 1.82) is 0 Å². The molecule has 1 fully saturated rings. The van der Waals surface area contributed by atoms with Crippen LogP contribution < -0.4 is 33.0 Å². The zero-order valence-corrected chi connectivity index (χ0v) is 39.0. The molecule has 28 heteroatoms. The van der Waals surface area contributed by atoms with Crippen molar-refractivity contribution in [3.8, 4) is 40.0 Å². The number of carbonyl (C=O) groups excluding carboxylic acids is 2. The van der Waals surface area contributed by atoms with Crippen LogP contribution in [-0.4, -0.2) is 67.3 Å². The Kier molecular flexibility index (Phi) is 15.5. The summed E-state index contributed by atoms with van der Waals surface area (Å²) < 4.78 is 72.5. The monoisotopic (exact) mass is 1040 g/mol. The normalized spacial score (nSPS) is 15.1. The van der Waals surface area contributed by atoms with Crippen LogP contribution >= 0.6 is 21.4 Å². The second-order valence-electron chi connectivity index (χ2n) is 15.4. The first-order chi connectivity index (χ1) is 33.9. The fraction of sp³-hybridized carbons (Fsp3) is 0.209. The molecule has 1 aromatic heterocycles. The van der Waals surface area contributed by atoms with Gasteiger partial charge in [-0.3, -0.25) is 14.4 Å². The predicted molar refractivity (Wildman–Crippen MR) is 245 cm³/mol. The molecule has 2 aliphatic heterocycles. The molecule has 3 aliphatic rings. The molecule has 0 unspecified atom stereocenters. The number of hydrogen-bond donors (Lipinski definition) is 8. The number of H-pyrrole nitrogens is 1. The van der Waals surface area contributed by atoms with Gasteiger partial charge in [0, 0.05) is 46.8 Å². The number of ether oxygens (including phenoxy) is 1. The van der Waals surface area contributed by atoms with Gasteiger partial charge in [0.25, 0.3) is 11.8 Å². The molecule has 3 heterocycles. The molecule has 1 aliphatic carbocycles. The summed E-state index contributed by atoms with van der Waals surface area (Å²) in [6, 6.07) is 17.2. The molecule has 370 valence electrons. The molecule has 2 atom stereocenters. The largest absolute Gasteiger partial charge is 0.478 e. The van der Waals surface area contributed by atoms with Crippen LogP contribution in [0.1, 0.15) is 66.8 Å². The quantitative estimate of drug-likeness (QED) is 0.0179. The van der Waals surface area contributed by atoms with Gasteiger partial charge in [-0.05, 0) is 65.7 Å². The van der Waals surface area contributed by atoms with Crippen molar-refractivity contribution in [2.24, 2.45) is 5.73 Å². The number of nitrogens with zero attached hydrogens (tertiary/aromatic N) is 1. The molecule has 4 aromatic rings. The zero-order valence-electron chi connectivity index (χ0n) is 36.3. The number of fused-ring (bicyclic) bond motifs is 2. The number of nitrogens with one attached hydrogen (secondary N) is 3. The number of amides is 2. The average molecular weight is 1040 g/mol. The van der Waals surface area contributed by atoms with Gasteiger partial charge in [0.1, 0.15) is 17.1 Å². The van der Waals surface area contributed by atoms with Crippen molar-refractivity contribution in [3.05, 3.63) is 143 Å². The van der Waals surface area contributed by atoms with Gasteiger partial charge in [-0.2, -0.15) is 0 Å². The Balaban J connectivity index is 0.962. The Morgan fingerprint density at radius 1 is 0.887 bits per heavy atom. The number of carboxylic acid groups (broad SMARTS) is 1. The second-order valence-corrected chi connectivity index (χ2v) is 25.5. The summed E-state index contributed by atoms with van der Waals surface area (Å²) in [4.78, 5) is 78.7. The second kappa shape index (κ2) is 21.4. The number of aromatic amines is 1. The number of carboxylic acids is 1. The van der Waals surface area contributed by atoms with Gasteiger partial charge in [0.05, 0.1) is 11.1 Å². The van der Waals surface area contributed by atoms with Crippen molar-refractivity contribution < 1.29 is 81.4 Å². The minimum Gasteiger partial charge on any atom is -0.478 e. The molecule has 1 saturated heterocycles. The van der Waals surface area contributed by atoms with Crippen LogP contribution in [0, 0.1) is 11.8 Å². The van der Waals surface area contributed by atoms with E-state index in [4.69, 9.17) is 24.7 Å². The number of aromatic carboxylic acids is 1. The summed E-state index contributed by atoms with van der Waals surface area (Å²) in [5, 5.41) is 47.5. The summed E-state index contributed by atoms with van der Waals surface area (Å²) in [7, 11) is -8.81. The number of rotatable bonds is 18. The number of aromatic nitrogens is 2. The third-order valence-corrected chi connectivity index (χ3v) is 20.8. The van der Waals surface area contributed by atoms with E-state index in [0.717, 1.165) is 4.57 Å². The SMILES string of the molecule is NCc1c(O)ccc2c(-c3cc(C(=O)NCc4ccc(C(=O)NCC#CCc5cn([C@H]6CC[C@@H](COP(OO)(OOO)(P(=O)=O)P(=O)=O)O6)c(=O)[nH]c5=O)cc4)ccc3C(=O)O)c3ccc(=O)cc-3oc12. The van der Waals surface area contributed by atoms with Gasteiger partial charge in [-0.1, -0.05) is 12.1 Å². The first-order valence-corrected chi connectivity index (χ1v) is 26.4. The summed E-state index contributed by atoms with van der Waals surface area (Å²) in [5.74, 6) is 3.00. The van der Waals surface area contributed by atoms with E-state index in [1.54, 1.807) is 12.1 Å². The van der Waals surface area contributed by atoms with Crippen LogP contribution in [0.5, 0.6) is 5.75 Å². The van der Waals surface area contributed by atoms with Crippen molar-refractivity contribution in [2.75, 3.05) is 13.2 Å². The molecule has 0 radical (unpaired) electrons. The van der Waals surface area contributed by atoms with Crippen LogP contribution in [0.25, 0.3) is 33.4 Å². The Bertz CT molecular complexity index is 3430. The Morgan fingerprint density at radius 3 is 2.28 bits per heavy atom. The van der Waals surface area contributed by atoms with Crippen LogP contribution in [-0.2, 0) is 61.4 Å². The van der Waals surface area contributed by atoms with Gasteiger partial charge in [-0.15, -0.1) is 0 Å². The maximum Gasteiger partial charge on any atom is 0.336 e. The van der Waals surface area contributed by atoms with Crippen molar-refractivity contribution in [2.45, 2.75) is 44.7 Å². The van der Waals surface area contributed by atoms with E-state index in [1.165, 1.54) is 66.9 Å². The van der Waals surface area contributed by atoms with Gasteiger partial charge < -0.3 is 31.0 Å². The van der Waals surface area contributed by atoms with Crippen LogP contribution in [0.4, 0.5) is 0 Å². The third-order valence-electron chi connectivity index (χ3n) is 11.1. The van der Waals surface area contributed by atoms with E-state index in [1.807, 2.05) is 0 Å². The minimum atomic E-state index is -6.55. The number of nitrogens with two attached hydrogens (primary N) is 1. The van der Waals surface area contributed by atoms with Crippen molar-refractivity contribution in [3.63, 3.8) is 0 Å². The Morgan fingerprint density at radius 2 is 1.61 bits per heavy atom. The van der Waals surface area contributed by atoms with Gasteiger partial charge in [0.2, 0.25) is 0 Å². The molecule has 3 aromatic carbocycles. The van der Waals surface area contributed by atoms with E-state index in [9.17, 15) is 62.5 Å². The average Bonchev–Trinajstić information content (AvgIpc) is 3.82. The fourth-order valence-corrected chi connectivity index (χ4v) is 12.0. The van der Waals surface area contributed by atoms with E-state index < -0.39 is 69.4 Å². The summed E-state index contributed by atoms with van der Waals surface area (Å²) in [6.07, 6.45) is -1.12. The number of benzene rings is 4. The zero-order chi connectivity index (χ0) is 51.2. The number of phenolic OH excluding ortho intramolecular Hbond substituents is 1. The topological polar surface area (TPSA) is 382 Å². The van der Waals surface area contributed by atoms with E-state index in [0.29, 0.717) is 22.1 Å². The molecular weight excluding hydrogens is 999 g/mol. The summed E-state index contributed by atoms with van der Waals surface area (Å²) in [5.41, 5.74) is 5.89. The van der Waals surface area contributed by atoms with Gasteiger partial charge >= 0.3 is 179 Å². The Hall–Kier alpha value is -7.29. The first kappa shape index (κ1) is 51.6. The molecule has 71 heavy (non-hydrogen) atoms. The summed E-state index contributed by atoms with van der Waals surface area (Å²) >= 11 is 0. The smallest absolute Gasteiger partial charge is 0.336 e. The number of aromatic hydroxyl groups is 1. The Labute approximate surface area is 397 Å². The molecule has 25 nitrogen and oxygen atoms in total. The van der Waals surface area contributed by atoms with Gasteiger partial charge in [0.15, 0.2) is 5.43 Å². The molecule has 2 amide bonds. The van der Waals surface area contributed by atoms with Gasteiger partial charge in [-0.25, -0.2) is 4.79 Å². The predicted octanol–water partition coefficient (Wildman–Crippen LogP) is 5.26. The molecular formula is C43H38N5O20P3. The number of carbonyl (C=O) groups is 3. The summed E-state index contributed by atoms with van der Waals surface area (Å²) in [6.45, 7) is -7.74. The maximum absolute atomic E-state index is 13.5. The minimum absolute atomic E-state index is 0.00900. The van der Waals surface area contributed by atoms with Crippen molar-refractivity contribution >= 4 is 50.2 Å². The fourth-order valence-electron chi connectivity index (χ4n) is 7.53. The molecule has 7 rings (SSSR count). The van der Waals surface area contributed by atoms with Crippen molar-refractivity contribution in [1.82, 2.24) is 20.2 Å². The van der Waals surface area contributed by atoms with E-state index in [2.05, 4.69) is 41.8 Å². The number of hydrogen-bond acceptors (Lipinski definition) is 20. The molecule has 0 bridgehead atoms. The maximum atomic E-state index is 13.5. The van der Waals surface area contributed by atoms with E-state index in [-0.39, 0.29) is 94.8 Å². The first-order valence-electron chi connectivity index (χ1n) is 20.6. The standard InChI is InChI=1S/C43H38N5O20P3/c44-19-33-34(50)14-13-31-37(30-12-9-27(49)18-35(30)65-38(31)33)32-17-25(8-11-29(32)42(54)55)40(52)46-20-23-4-6-24(7-5-23)39(51)45-16-2-1-3-26-21-48(43(56)47-41(26)53)36-15-10-28(64-36)22-63-71(67-58,68-66-57,69(59)60)70(61)62/h4-9,11-14,17-18,21,28,36,50,57-58H,3,10,15-16,19-20,22,44H2,(H,45,51)(H,46,52)(H,54,55)(H,47,53,56)/t28-,36+/m0/s1. The molecule has 0 saturated carbocycles. The van der Waals surface area contributed by atoms with Crippen LogP contribution in [0.2, 0.25) is 0 Å². The molecule has 9 N–H and O–H groups in total. The van der Waals surface area contributed by atoms with Crippen LogP contribution in [0.15, 0.2) is 97.8 Å². The number of phenols is 1. The third kappa shape index (κ3) is 10.3.